The van der Waals surface area contributed by atoms with Gasteiger partial charge in [0.25, 0.3) is 5.91 Å². The van der Waals surface area contributed by atoms with Gasteiger partial charge in [-0.2, -0.15) is 0 Å². The quantitative estimate of drug-likeness (QED) is 0.871. The summed E-state index contributed by atoms with van der Waals surface area (Å²) >= 11 is 0. The normalized spacial score (nSPS) is 10.1. The highest BCUT2D eigenvalue weighted by Crippen LogP contribution is 2.33. The average molecular weight is 342 g/mol. The molecule has 2 rings (SSSR count). The molecule has 2 aromatic carbocycles. The minimum absolute atomic E-state index is 0.184. The number of nitrogens with one attached hydrogen (secondary N) is 2. The fourth-order valence-corrected chi connectivity index (χ4v) is 2.40. The van der Waals surface area contributed by atoms with Gasteiger partial charge in [-0.05, 0) is 43.2 Å². The number of rotatable bonds is 5. The number of amides is 2. The number of ether oxygens (including phenoxy) is 2. The summed E-state index contributed by atoms with van der Waals surface area (Å²) in [7, 11) is 3.10. The molecule has 0 aliphatic heterocycles. The lowest BCUT2D eigenvalue weighted by Gasteiger charge is -2.14. The van der Waals surface area contributed by atoms with E-state index in [4.69, 9.17) is 9.47 Å². The molecule has 0 bridgehead atoms. The van der Waals surface area contributed by atoms with E-state index >= 15 is 0 Å². The number of hydrogen-bond acceptors (Lipinski definition) is 4. The van der Waals surface area contributed by atoms with Crippen LogP contribution in [-0.4, -0.2) is 26.0 Å². The number of methoxy groups -OCH3 is 2. The van der Waals surface area contributed by atoms with Crippen LogP contribution < -0.4 is 20.1 Å². The first-order chi connectivity index (χ1) is 11.8. The molecule has 0 aromatic heterocycles. The molecule has 2 aromatic rings. The van der Waals surface area contributed by atoms with Gasteiger partial charge in [0.05, 0.1) is 14.2 Å². The molecule has 2 N–H and O–H groups in total. The maximum Gasteiger partial charge on any atom is 0.255 e. The van der Waals surface area contributed by atoms with Crippen molar-refractivity contribution in [3.63, 3.8) is 0 Å². The van der Waals surface area contributed by atoms with Gasteiger partial charge < -0.3 is 20.1 Å². The average Bonchev–Trinajstić information content (AvgIpc) is 2.57. The first kappa shape index (κ1) is 18.3. The van der Waals surface area contributed by atoms with Gasteiger partial charge in [0.15, 0.2) is 11.5 Å². The molecule has 0 aliphatic rings. The first-order valence-electron chi connectivity index (χ1n) is 7.78. The predicted molar refractivity (Wildman–Crippen MR) is 97.7 cm³/mol. The highest BCUT2D eigenvalue weighted by atomic mass is 16.5. The fraction of sp³-hybridized carbons (Fsp3) is 0.263. The Hall–Kier alpha value is -3.02. The molecule has 0 unspecified atom stereocenters. The van der Waals surface area contributed by atoms with Crippen molar-refractivity contribution in [2.75, 3.05) is 24.9 Å². The zero-order chi connectivity index (χ0) is 18.6. The van der Waals surface area contributed by atoms with Crippen LogP contribution in [0.4, 0.5) is 11.4 Å². The summed E-state index contributed by atoms with van der Waals surface area (Å²) in [4.78, 5) is 23.8. The van der Waals surface area contributed by atoms with Crippen molar-refractivity contribution < 1.29 is 19.1 Å². The molecule has 0 saturated heterocycles. The standard InChI is InChI=1S/C19H22N2O4/c1-11-6-7-14(9-15(11)20-13(3)22)19(23)21-16-10-18(25-5)17(24-4)8-12(16)2/h6-10H,1-5H3,(H,20,22)(H,21,23). The monoisotopic (exact) mass is 342 g/mol. The molecule has 0 heterocycles. The van der Waals surface area contributed by atoms with Crippen LogP contribution >= 0.6 is 0 Å². The Labute approximate surface area is 147 Å². The van der Waals surface area contributed by atoms with E-state index in [2.05, 4.69) is 10.6 Å². The van der Waals surface area contributed by atoms with Gasteiger partial charge in [0.1, 0.15) is 0 Å². The maximum absolute atomic E-state index is 12.6. The SMILES string of the molecule is COc1cc(C)c(NC(=O)c2ccc(C)c(NC(C)=O)c2)cc1OC. The number of carbonyl (C=O) groups excluding carboxylic acids is 2. The molecule has 0 saturated carbocycles. The second-order valence-corrected chi connectivity index (χ2v) is 5.69. The topological polar surface area (TPSA) is 76.7 Å². The fourth-order valence-electron chi connectivity index (χ4n) is 2.40. The largest absolute Gasteiger partial charge is 0.493 e. The number of carbonyl (C=O) groups is 2. The van der Waals surface area contributed by atoms with Gasteiger partial charge in [-0.25, -0.2) is 0 Å². The van der Waals surface area contributed by atoms with Crippen molar-refractivity contribution in [2.24, 2.45) is 0 Å². The van der Waals surface area contributed by atoms with Crippen molar-refractivity contribution >= 4 is 23.2 Å². The molecule has 0 spiro atoms. The summed E-state index contributed by atoms with van der Waals surface area (Å²) in [6.45, 7) is 5.17. The number of benzene rings is 2. The van der Waals surface area contributed by atoms with Crippen LogP contribution in [0, 0.1) is 13.8 Å². The molecular formula is C19H22N2O4. The van der Waals surface area contributed by atoms with Crippen LogP contribution in [0.15, 0.2) is 30.3 Å². The zero-order valence-corrected chi connectivity index (χ0v) is 15.0. The van der Waals surface area contributed by atoms with Gasteiger partial charge in [0, 0.05) is 29.9 Å². The molecule has 0 fully saturated rings. The lowest BCUT2D eigenvalue weighted by Crippen LogP contribution is -2.14. The lowest BCUT2D eigenvalue weighted by atomic mass is 10.1. The molecule has 0 aliphatic carbocycles. The summed E-state index contributed by atoms with van der Waals surface area (Å²) in [5.41, 5.74) is 3.42. The van der Waals surface area contributed by atoms with Crippen LogP contribution in [0.2, 0.25) is 0 Å². The molecule has 6 heteroatoms. The van der Waals surface area contributed by atoms with Crippen molar-refractivity contribution in [3.05, 3.63) is 47.0 Å². The Morgan fingerprint density at radius 1 is 0.840 bits per heavy atom. The highest BCUT2D eigenvalue weighted by Gasteiger charge is 2.13. The van der Waals surface area contributed by atoms with Gasteiger partial charge in [-0.3, -0.25) is 9.59 Å². The Morgan fingerprint density at radius 3 is 2.04 bits per heavy atom. The summed E-state index contributed by atoms with van der Waals surface area (Å²) in [6, 6.07) is 8.68. The first-order valence-corrected chi connectivity index (χ1v) is 7.78. The number of aryl methyl sites for hydroxylation is 2. The number of hydrogen-bond donors (Lipinski definition) is 2. The van der Waals surface area contributed by atoms with Gasteiger partial charge in [0.2, 0.25) is 5.91 Å². The van der Waals surface area contributed by atoms with E-state index in [1.165, 1.54) is 6.92 Å². The summed E-state index contributed by atoms with van der Waals surface area (Å²) in [6.07, 6.45) is 0. The molecule has 25 heavy (non-hydrogen) atoms. The van der Waals surface area contributed by atoms with E-state index in [0.717, 1.165) is 11.1 Å². The van der Waals surface area contributed by atoms with Crippen LogP contribution in [0.25, 0.3) is 0 Å². The van der Waals surface area contributed by atoms with E-state index < -0.39 is 0 Å². The molecule has 132 valence electrons. The van der Waals surface area contributed by atoms with Gasteiger partial charge in [-0.15, -0.1) is 0 Å². The van der Waals surface area contributed by atoms with Crippen molar-refractivity contribution in [2.45, 2.75) is 20.8 Å². The van der Waals surface area contributed by atoms with E-state index in [1.54, 1.807) is 44.6 Å². The van der Waals surface area contributed by atoms with Crippen molar-refractivity contribution in [1.82, 2.24) is 0 Å². The second-order valence-electron chi connectivity index (χ2n) is 5.69. The third-order valence-corrected chi connectivity index (χ3v) is 3.79. The van der Waals surface area contributed by atoms with Crippen LogP contribution in [-0.2, 0) is 4.79 Å². The second kappa shape index (κ2) is 7.70. The van der Waals surface area contributed by atoms with E-state index in [-0.39, 0.29) is 11.8 Å². The zero-order valence-electron chi connectivity index (χ0n) is 15.0. The molecular weight excluding hydrogens is 320 g/mol. The Morgan fingerprint density at radius 2 is 1.44 bits per heavy atom. The van der Waals surface area contributed by atoms with Crippen LogP contribution in [0.1, 0.15) is 28.4 Å². The van der Waals surface area contributed by atoms with Crippen molar-refractivity contribution in [3.8, 4) is 11.5 Å². The molecule has 0 radical (unpaired) electrons. The maximum atomic E-state index is 12.6. The third-order valence-electron chi connectivity index (χ3n) is 3.79. The minimum atomic E-state index is -0.276. The van der Waals surface area contributed by atoms with E-state index in [0.29, 0.717) is 28.4 Å². The smallest absolute Gasteiger partial charge is 0.255 e. The summed E-state index contributed by atoms with van der Waals surface area (Å²) < 4.78 is 10.5. The minimum Gasteiger partial charge on any atom is -0.493 e. The lowest BCUT2D eigenvalue weighted by molar-refractivity contribution is -0.114. The Kier molecular flexibility index (Phi) is 5.64. The van der Waals surface area contributed by atoms with Gasteiger partial charge in [-0.1, -0.05) is 6.07 Å². The third kappa shape index (κ3) is 4.29. The Bertz CT molecular complexity index is 815. The molecule has 6 nitrogen and oxygen atoms in total. The van der Waals surface area contributed by atoms with E-state index in [1.807, 2.05) is 13.8 Å². The van der Waals surface area contributed by atoms with Crippen molar-refractivity contribution in [1.29, 1.82) is 0 Å². The summed E-state index contributed by atoms with van der Waals surface area (Å²) in [5, 5.41) is 5.59. The van der Waals surface area contributed by atoms with Crippen LogP contribution in [0.3, 0.4) is 0 Å². The highest BCUT2D eigenvalue weighted by molar-refractivity contribution is 6.06. The van der Waals surface area contributed by atoms with Crippen LogP contribution in [0.5, 0.6) is 11.5 Å². The summed E-state index contributed by atoms with van der Waals surface area (Å²) in [5.74, 6) is 0.672. The number of anilines is 2. The molecule has 2 amide bonds. The molecule has 0 atom stereocenters. The van der Waals surface area contributed by atoms with E-state index in [9.17, 15) is 9.59 Å². The van der Waals surface area contributed by atoms with Gasteiger partial charge >= 0.3 is 0 Å². The predicted octanol–water partition coefficient (Wildman–Crippen LogP) is 3.53. The Balaban J connectivity index is 2.29.